The van der Waals surface area contributed by atoms with E-state index < -0.39 is 42.5 Å². The van der Waals surface area contributed by atoms with E-state index in [0.717, 1.165) is 25.7 Å². The SMILES string of the molecule is CCCC1(CCC)OC2OC3C(O)C(=O)OC3C2O1. The molecule has 5 unspecified atom stereocenters. The zero-order valence-corrected chi connectivity index (χ0v) is 11.2. The van der Waals surface area contributed by atoms with Crippen LogP contribution < -0.4 is 0 Å². The lowest BCUT2D eigenvalue weighted by Gasteiger charge is -2.29. The van der Waals surface area contributed by atoms with Crippen molar-refractivity contribution < 1.29 is 28.8 Å². The molecule has 0 bridgehead atoms. The highest BCUT2D eigenvalue weighted by Crippen LogP contribution is 2.45. The molecule has 5 atom stereocenters. The third-order valence-electron chi connectivity index (χ3n) is 3.96. The van der Waals surface area contributed by atoms with Crippen LogP contribution in [-0.2, 0) is 23.7 Å². The number of hydrogen-bond acceptors (Lipinski definition) is 6. The molecule has 6 nitrogen and oxygen atoms in total. The predicted octanol–water partition coefficient (Wildman–Crippen LogP) is 0.709. The van der Waals surface area contributed by atoms with E-state index in [1.54, 1.807) is 0 Å². The van der Waals surface area contributed by atoms with Gasteiger partial charge in [-0.25, -0.2) is 4.79 Å². The Morgan fingerprint density at radius 1 is 1.11 bits per heavy atom. The molecule has 0 aromatic rings. The van der Waals surface area contributed by atoms with Crippen LogP contribution in [0.3, 0.4) is 0 Å². The van der Waals surface area contributed by atoms with Crippen molar-refractivity contribution in [2.75, 3.05) is 0 Å². The molecular weight excluding hydrogens is 252 g/mol. The van der Waals surface area contributed by atoms with Crippen molar-refractivity contribution in [1.29, 1.82) is 0 Å². The van der Waals surface area contributed by atoms with E-state index in [4.69, 9.17) is 18.9 Å². The van der Waals surface area contributed by atoms with Crippen molar-refractivity contribution in [1.82, 2.24) is 0 Å². The molecule has 3 heterocycles. The summed E-state index contributed by atoms with van der Waals surface area (Å²) in [5.41, 5.74) is 0. The van der Waals surface area contributed by atoms with Gasteiger partial charge in [-0.05, 0) is 0 Å². The Hall–Kier alpha value is -0.690. The lowest BCUT2D eigenvalue weighted by atomic mass is 10.1. The zero-order chi connectivity index (χ0) is 13.6. The minimum atomic E-state index is -1.23. The first-order valence-electron chi connectivity index (χ1n) is 7.00. The zero-order valence-electron chi connectivity index (χ0n) is 11.2. The number of aliphatic hydroxyl groups excluding tert-OH is 1. The van der Waals surface area contributed by atoms with Crippen LogP contribution in [0.4, 0.5) is 0 Å². The number of fused-ring (bicyclic) bond motifs is 3. The lowest BCUT2D eigenvalue weighted by Crippen LogP contribution is -2.38. The quantitative estimate of drug-likeness (QED) is 0.760. The molecule has 0 radical (unpaired) electrons. The van der Waals surface area contributed by atoms with Crippen LogP contribution in [0.1, 0.15) is 39.5 Å². The van der Waals surface area contributed by atoms with Gasteiger partial charge in [0.25, 0.3) is 0 Å². The molecule has 108 valence electrons. The van der Waals surface area contributed by atoms with E-state index in [9.17, 15) is 9.90 Å². The molecule has 19 heavy (non-hydrogen) atoms. The van der Waals surface area contributed by atoms with E-state index in [2.05, 4.69) is 13.8 Å². The van der Waals surface area contributed by atoms with Crippen LogP contribution in [0.25, 0.3) is 0 Å². The van der Waals surface area contributed by atoms with Gasteiger partial charge < -0.3 is 24.1 Å². The van der Waals surface area contributed by atoms with Gasteiger partial charge in [0.15, 0.2) is 30.4 Å². The molecule has 3 fully saturated rings. The van der Waals surface area contributed by atoms with Crippen molar-refractivity contribution in [3.05, 3.63) is 0 Å². The van der Waals surface area contributed by atoms with Gasteiger partial charge in [-0.3, -0.25) is 0 Å². The fourth-order valence-electron chi connectivity index (χ4n) is 3.21. The number of rotatable bonds is 4. The summed E-state index contributed by atoms with van der Waals surface area (Å²) in [5, 5.41) is 9.65. The summed E-state index contributed by atoms with van der Waals surface area (Å²) >= 11 is 0. The normalized spacial score (nSPS) is 43.1. The van der Waals surface area contributed by atoms with Gasteiger partial charge in [0, 0.05) is 12.8 Å². The first-order chi connectivity index (χ1) is 9.10. The Morgan fingerprint density at radius 2 is 1.79 bits per heavy atom. The number of aliphatic hydroxyl groups is 1. The van der Waals surface area contributed by atoms with E-state index >= 15 is 0 Å². The molecule has 1 N–H and O–H groups in total. The van der Waals surface area contributed by atoms with E-state index in [1.165, 1.54) is 0 Å². The highest BCUT2D eigenvalue weighted by molar-refractivity contribution is 5.78. The third kappa shape index (κ3) is 1.98. The van der Waals surface area contributed by atoms with Crippen molar-refractivity contribution in [2.24, 2.45) is 0 Å². The molecule has 0 amide bonds. The number of hydrogen-bond donors (Lipinski definition) is 1. The maximum Gasteiger partial charge on any atom is 0.338 e. The van der Waals surface area contributed by atoms with Gasteiger partial charge in [-0.1, -0.05) is 26.7 Å². The molecular formula is C13H20O6. The Kier molecular flexibility index (Phi) is 3.29. The average Bonchev–Trinajstić information content (AvgIpc) is 2.93. The molecule has 0 aromatic carbocycles. The molecule has 3 aliphatic rings. The molecule has 3 aliphatic heterocycles. The van der Waals surface area contributed by atoms with Crippen molar-refractivity contribution in [2.45, 2.75) is 76.0 Å². The summed E-state index contributed by atoms with van der Waals surface area (Å²) in [6.07, 6.45) is 0.0312. The average molecular weight is 272 g/mol. The standard InChI is InChI=1S/C13H20O6/c1-3-5-13(6-4-2)18-10-9-8(17-12(10)19-13)7(14)11(15)16-9/h7-10,12,14H,3-6H2,1-2H3. The van der Waals surface area contributed by atoms with Crippen molar-refractivity contribution in [3.8, 4) is 0 Å². The summed E-state index contributed by atoms with van der Waals surface area (Å²) < 4.78 is 22.7. The van der Waals surface area contributed by atoms with Crippen LogP contribution in [-0.4, -0.2) is 47.6 Å². The summed E-state index contributed by atoms with van der Waals surface area (Å²) in [5.74, 6) is -1.27. The van der Waals surface area contributed by atoms with Gasteiger partial charge in [-0.15, -0.1) is 0 Å². The number of carbonyl (C=O) groups is 1. The minimum absolute atomic E-state index is 0.427. The molecule has 0 aliphatic carbocycles. The van der Waals surface area contributed by atoms with Gasteiger partial charge in [0.2, 0.25) is 0 Å². The van der Waals surface area contributed by atoms with Crippen LogP contribution in [0, 0.1) is 0 Å². The smallest absolute Gasteiger partial charge is 0.338 e. The number of esters is 1. The molecule has 0 saturated carbocycles. The van der Waals surface area contributed by atoms with E-state index in [-0.39, 0.29) is 0 Å². The number of ether oxygens (including phenoxy) is 4. The maximum atomic E-state index is 11.3. The van der Waals surface area contributed by atoms with Gasteiger partial charge in [0.1, 0.15) is 6.10 Å². The Bertz CT molecular complexity index is 364. The maximum absolute atomic E-state index is 11.3. The minimum Gasteiger partial charge on any atom is -0.454 e. The molecule has 0 aromatic heterocycles. The fourth-order valence-corrected chi connectivity index (χ4v) is 3.21. The first-order valence-corrected chi connectivity index (χ1v) is 7.00. The molecule has 0 spiro atoms. The second-order valence-electron chi connectivity index (χ2n) is 5.43. The van der Waals surface area contributed by atoms with Gasteiger partial charge >= 0.3 is 5.97 Å². The summed E-state index contributed by atoms with van der Waals surface area (Å²) in [7, 11) is 0. The topological polar surface area (TPSA) is 74.2 Å². The second-order valence-corrected chi connectivity index (χ2v) is 5.43. The van der Waals surface area contributed by atoms with Crippen LogP contribution in [0.15, 0.2) is 0 Å². The largest absolute Gasteiger partial charge is 0.454 e. The molecule has 3 saturated heterocycles. The Labute approximate surface area is 112 Å². The lowest BCUT2D eigenvalue weighted by molar-refractivity contribution is -0.239. The van der Waals surface area contributed by atoms with E-state index in [0.29, 0.717) is 0 Å². The van der Waals surface area contributed by atoms with Crippen molar-refractivity contribution in [3.63, 3.8) is 0 Å². The van der Waals surface area contributed by atoms with Crippen LogP contribution in [0.5, 0.6) is 0 Å². The van der Waals surface area contributed by atoms with Gasteiger partial charge in [0.05, 0.1) is 0 Å². The second kappa shape index (κ2) is 4.70. The van der Waals surface area contributed by atoms with Crippen LogP contribution in [0.2, 0.25) is 0 Å². The summed E-state index contributed by atoms with van der Waals surface area (Å²) in [6, 6.07) is 0. The third-order valence-corrected chi connectivity index (χ3v) is 3.96. The van der Waals surface area contributed by atoms with E-state index in [1.807, 2.05) is 0 Å². The predicted molar refractivity (Wildman–Crippen MR) is 63.1 cm³/mol. The van der Waals surface area contributed by atoms with Crippen LogP contribution >= 0.6 is 0 Å². The first kappa shape index (κ1) is 13.3. The number of carbonyl (C=O) groups excluding carboxylic acids is 1. The molecule has 3 rings (SSSR count). The summed E-state index contributed by atoms with van der Waals surface area (Å²) in [6.45, 7) is 4.14. The highest BCUT2D eigenvalue weighted by Gasteiger charge is 2.64. The monoisotopic (exact) mass is 272 g/mol. The van der Waals surface area contributed by atoms with Gasteiger partial charge in [-0.2, -0.15) is 0 Å². The fraction of sp³-hybridized carbons (Fsp3) is 0.923. The Morgan fingerprint density at radius 3 is 2.42 bits per heavy atom. The molecule has 6 heteroatoms. The summed E-state index contributed by atoms with van der Waals surface area (Å²) in [4.78, 5) is 11.3. The van der Waals surface area contributed by atoms with Crippen molar-refractivity contribution >= 4 is 5.97 Å². The highest BCUT2D eigenvalue weighted by atomic mass is 16.8. The Balaban J connectivity index is 1.75.